The maximum absolute atomic E-state index is 6.05. The lowest BCUT2D eigenvalue weighted by Crippen LogP contribution is -2.30. The Labute approximate surface area is 137 Å². The summed E-state index contributed by atoms with van der Waals surface area (Å²) >= 11 is 6.05. The summed E-state index contributed by atoms with van der Waals surface area (Å²) in [6.07, 6.45) is 6.44. The summed E-state index contributed by atoms with van der Waals surface area (Å²) in [4.78, 5) is 7.01. The molecule has 1 aromatic heterocycles. The van der Waals surface area contributed by atoms with E-state index in [-0.39, 0.29) is 0 Å². The van der Waals surface area contributed by atoms with Crippen molar-refractivity contribution >= 4 is 11.6 Å². The minimum absolute atomic E-state index is 0.624. The monoisotopic (exact) mass is 318 g/mol. The zero-order chi connectivity index (χ0) is 15.4. The van der Waals surface area contributed by atoms with Gasteiger partial charge in [-0.3, -0.25) is 0 Å². The fourth-order valence-corrected chi connectivity index (χ4v) is 3.34. The van der Waals surface area contributed by atoms with Crippen molar-refractivity contribution in [3.8, 4) is 0 Å². The maximum atomic E-state index is 6.05. The predicted octanol–water partition coefficient (Wildman–Crippen LogP) is 3.40. The van der Waals surface area contributed by atoms with Crippen molar-refractivity contribution in [2.75, 3.05) is 13.1 Å². The lowest BCUT2D eigenvalue weighted by molar-refractivity contribution is 0.246. The van der Waals surface area contributed by atoms with E-state index in [0.29, 0.717) is 6.04 Å². The zero-order valence-electron chi connectivity index (χ0n) is 13.1. The molecule has 0 aliphatic carbocycles. The van der Waals surface area contributed by atoms with E-state index in [2.05, 4.69) is 28.0 Å². The largest absolute Gasteiger partial charge is 0.301 e. The molecular formula is C17H23ClN4. The number of aromatic nitrogens is 3. The minimum atomic E-state index is 0.624. The molecule has 1 atom stereocenters. The van der Waals surface area contributed by atoms with Gasteiger partial charge in [0.2, 0.25) is 0 Å². The molecule has 22 heavy (non-hydrogen) atoms. The van der Waals surface area contributed by atoms with Gasteiger partial charge in [-0.2, -0.15) is 5.10 Å². The Balaban J connectivity index is 1.59. The standard InChI is InChI=1S/C17H23ClN4/c1-14(21-9-2-3-10-21)7-8-17-19-13-20-22(17)12-15-5-4-6-16(18)11-15/h4-6,11,13-14H,2-3,7-10,12H2,1H3/t14-/m0/s1. The molecule has 0 spiro atoms. The molecule has 1 aliphatic heterocycles. The van der Waals surface area contributed by atoms with Crippen LogP contribution < -0.4 is 0 Å². The fourth-order valence-electron chi connectivity index (χ4n) is 3.12. The zero-order valence-corrected chi connectivity index (χ0v) is 13.8. The minimum Gasteiger partial charge on any atom is -0.301 e. The third-order valence-electron chi connectivity index (χ3n) is 4.47. The van der Waals surface area contributed by atoms with Crippen LogP contribution in [0.4, 0.5) is 0 Å². The molecule has 2 heterocycles. The second-order valence-electron chi connectivity index (χ2n) is 6.09. The van der Waals surface area contributed by atoms with E-state index in [0.717, 1.165) is 35.8 Å². The second kappa shape index (κ2) is 7.25. The summed E-state index contributed by atoms with van der Waals surface area (Å²) in [5.74, 6) is 1.06. The third-order valence-corrected chi connectivity index (χ3v) is 4.70. The number of halogens is 1. The average molecular weight is 319 g/mol. The number of hydrogen-bond acceptors (Lipinski definition) is 3. The molecular weight excluding hydrogens is 296 g/mol. The topological polar surface area (TPSA) is 34.0 Å². The number of hydrogen-bond donors (Lipinski definition) is 0. The van der Waals surface area contributed by atoms with Gasteiger partial charge in [0.15, 0.2) is 0 Å². The number of benzene rings is 1. The van der Waals surface area contributed by atoms with Crippen molar-refractivity contribution in [2.45, 2.75) is 45.2 Å². The fraction of sp³-hybridized carbons (Fsp3) is 0.529. The quantitative estimate of drug-likeness (QED) is 0.818. The molecule has 1 aliphatic rings. The molecule has 3 rings (SSSR count). The first-order chi connectivity index (χ1) is 10.7. The summed E-state index contributed by atoms with van der Waals surface area (Å²) in [7, 11) is 0. The first kappa shape index (κ1) is 15.5. The molecule has 118 valence electrons. The van der Waals surface area contributed by atoms with Crippen molar-refractivity contribution in [2.24, 2.45) is 0 Å². The molecule has 5 heteroatoms. The lowest BCUT2D eigenvalue weighted by Gasteiger charge is -2.23. The molecule has 1 fully saturated rings. The highest BCUT2D eigenvalue weighted by Gasteiger charge is 2.18. The molecule has 4 nitrogen and oxygen atoms in total. The Morgan fingerprint density at radius 1 is 1.27 bits per heavy atom. The highest BCUT2D eigenvalue weighted by molar-refractivity contribution is 6.30. The van der Waals surface area contributed by atoms with E-state index in [9.17, 15) is 0 Å². The Kier molecular flexibility index (Phi) is 5.11. The van der Waals surface area contributed by atoms with Crippen molar-refractivity contribution in [3.05, 3.63) is 47.0 Å². The van der Waals surface area contributed by atoms with Gasteiger partial charge in [-0.1, -0.05) is 23.7 Å². The lowest BCUT2D eigenvalue weighted by atomic mass is 10.1. The van der Waals surface area contributed by atoms with E-state index < -0.39 is 0 Å². The smallest absolute Gasteiger partial charge is 0.138 e. The van der Waals surface area contributed by atoms with Crippen LogP contribution >= 0.6 is 11.6 Å². The summed E-state index contributed by atoms with van der Waals surface area (Å²) in [6.45, 7) is 5.55. The Morgan fingerprint density at radius 2 is 2.09 bits per heavy atom. The molecule has 2 aromatic rings. The van der Waals surface area contributed by atoms with Crippen LogP contribution in [0.15, 0.2) is 30.6 Å². The molecule has 0 bridgehead atoms. The van der Waals surface area contributed by atoms with Crippen molar-refractivity contribution in [1.29, 1.82) is 0 Å². The van der Waals surface area contributed by atoms with Gasteiger partial charge in [0.25, 0.3) is 0 Å². The van der Waals surface area contributed by atoms with Crippen molar-refractivity contribution < 1.29 is 0 Å². The van der Waals surface area contributed by atoms with Gasteiger partial charge in [0, 0.05) is 17.5 Å². The van der Waals surface area contributed by atoms with Gasteiger partial charge in [0.05, 0.1) is 6.54 Å². The molecule has 0 unspecified atom stereocenters. The maximum Gasteiger partial charge on any atom is 0.138 e. The molecule has 1 saturated heterocycles. The van der Waals surface area contributed by atoms with Gasteiger partial charge >= 0.3 is 0 Å². The van der Waals surface area contributed by atoms with Gasteiger partial charge in [0.1, 0.15) is 12.2 Å². The Morgan fingerprint density at radius 3 is 2.86 bits per heavy atom. The number of rotatable bonds is 6. The van der Waals surface area contributed by atoms with Gasteiger partial charge in [-0.05, 0) is 57.0 Å². The van der Waals surface area contributed by atoms with E-state index in [4.69, 9.17) is 11.6 Å². The van der Waals surface area contributed by atoms with Crippen molar-refractivity contribution in [1.82, 2.24) is 19.7 Å². The Hall–Kier alpha value is -1.39. The van der Waals surface area contributed by atoms with Gasteiger partial charge in [-0.15, -0.1) is 0 Å². The van der Waals surface area contributed by atoms with E-state index in [1.165, 1.54) is 25.9 Å². The van der Waals surface area contributed by atoms with Gasteiger partial charge < -0.3 is 4.90 Å². The first-order valence-electron chi connectivity index (χ1n) is 8.07. The van der Waals surface area contributed by atoms with Crippen LogP contribution in [0.5, 0.6) is 0 Å². The number of aryl methyl sites for hydroxylation is 1. The highest BCUT2D eigenvalue weighted by Crippen LogP contribution is 2.16. The number of likely N-dealkylation sites (tertiary alicyclic amines) is 1. The van der Waals surface area contributed by atoms with Crippen LogP contribution in [-0.2, 0) is 13.0 Å². The van der Waals surface area contributed by atoms with Crippen LogP contribution in [0.1, 0.15) is 37.6 Å². The van der Waals surface area contributed by atoms with Crippen molar-refractivity contribution in [3.63, 3.8) is 0 Å². The molecule has 1 aromatic carbocycles. The third kappa shape index (κ3) is 3.87. The predicted molar refractivity (Wildman–Crippen MR) is 89.2 cm³/mol. The second-order valence-corrected chi connectivity index (χ2v) is 6.53. The summed E-state index contributed by atoms with van der Waals surface area (Å²) in [5, 5.41) is 5.13. The van der Waals surface area contributed by atoms with Crippen LogP contribution in [0.3, 0.4) is 0 Å². The molecule has 0 N–H and O–H groups in total. The Bertz CT molecular complexity index is 604. The molecule has 0 radical (unpaired) electrons. The average Bonchev–Trinajstić information content (AvgIpc) is 3.16. The van der Waals surface area contributed by atoms with E-state index in [1.54, 1.807) is 6.33 Å². The van der Waals surface area contributed by atoms with E-state index in [1.807, 2.05) is 22.9 Å². The number of nitrogens with zero attached hydrogens (tertiary/aromatic N) is 4. The summed E-state index contributed by atoms with van der Waals surface area (Å²) in [6, 6.07) is 8.55. The van der Waals surface area contributed by atoms with Gasteiger partial charge in [-0.25, -0.2) is 9.67 Å². The molecule has 0 amide bonds. The summed E-state index contributed by atoms with van der Waals surface area (Å²) < 4.78 is 1.99. The van der Waals surface area contributed by atoms with Crippen LogP contribution in [0, 0.1) is 0 Å². The SMILES string of the molecule is C[C@@H](CCc1ncnn1Cc1cccc(Cl)c1)N1CCCC1. The van der Waals surface area contributed by atoms with Crippen LogP contribution in [0.2, 0.25) is 5.02 Å². The normalized spacial score (nSPS) is 17.0. The van der Waals surface area contributed by atoms with E-state index >= 15 is 0 Å². The first-order valence-corrected chi connectivity index (χ1v) is 8.45. The highest BCUT2D eigenvalue weighted by atomic mass is 35.5. The molecule has 0 saturated carbocycles. The van der Waals surface area contributed by atoms with Crippen LogP contribution in [0.25, 0.3) is 0 Å². The van der Waals surface area contributed by atoms with Crippen LogP contribution in [-0.4, -0.2) is 38.8 Å². The summed E-state index contributed by atoms with van der Waals surface area (Å²) in [5.41, 5.74) is 1.16.